The van der Waals surface area contributed by atoms with Crippen LogP contribution in [0.4, 0.5) is 0 Å². The van der Waals surface area contributed by atoms with Crippen LogP contribution in [0.2, 0.25) is 0 Å². The third-order valence-electron chi connectivity index (χ3n) is 4.62. The summed E-state index contributed by atoms with van der Waals surface area (Å²) in [6.07, 6.45) is 3.10. The number of nitrogens with zero attached hydrogens (tertiary/aromatic N) is 1. The average Bonchev–Trinajstić information content (AvgIpc) is 2.98. The van der Waals surface area contributed by atoms with Gasteiger partial charge in [-0.15, -0.1) is 0 Å². The molecule has 1 fully saturated rings. The molecule has 3 nitrogen and oxygen atoms in total. The number of benzene rings is 1. The molecule has 1 aliphatic heterocycles. The number of hydrogen-bond acceptors (Lipinski definition) is 3. The molecule has 116 valence electrons. The summed E-state index contributed by atoms with van der Waals surface area (Å²) >= 11 is 0. The summed E-state index contributed by atoms with van der Waals surface area (Å²) in [5.74, 6) is -0.0317. The van der Waals surface area contributed by atoms with Crippen molar-refractivity contribution in [1.29, 1.82) is 0 Å². The zero-order chi connectivity index (χ0) is 15.2. The normalized spacial score (nSPS) is 22.0. The summed E-state index contributed by atoms with van der Waals surface area (Å²) in [5.41, 5.74) is 1.32. The average molecular weight is 289 g/mol. The first-order valence-corrected chi connectivity index (χ1v) is 8.16. The summed E-state index contributed by atoms with van der Waals surface area (Å²) in [5, 5.41) is 0. The number of ether oxygens (including phenoxy) is 1. The first-order valence-electron chi connectivity index (χ1n) is 8.16. The third kappa shape index (κ3) is 3.65. The molecule has 0 saturated carbocycles. The predicted octanol–water partition coefficient (Wildman–Crippen LogP) is 3.80. The Labute approximate surface area is 128 Å². The summed E-state index contributed by atoms with van der Waals surface area (Å²) in [6.45, 7) is 7.74. The molecule has 1 aliphatic rings. The van der Waals surface area contributed by atoms with Gasteiger partial charge in [0.2, 0.25) is 0 Å². The highest BCUT2D eigenvalue weighted by Crippen LogP contribution is 2.34. The van der Waals surface area contributed by atoms with Crippen LogP contribution >= 0.6 is 0 Å². The van der Waals surface area contributed by atoms with E-state index in [-0.39, 0.29) is 11.9 Å². The van der Waals surface area contributed by atoms with Crippen LogP contribution in [-0.4, -0.2) is 30.1 Å². The van der Waals surface area contributed by atoms with Crippen LogP contribution < -0.4 is 0 Å². The second kappa shape index (κ2) is 7.60. The smallest absolute Gasteiger partial charge is 0.310 e. The van der Waals surface area contributed by atoms with E-state index < -0.39 is 0 Å². The van der Waals surface area contributed by atoms with Gasteiger partial charge in [0.25, 0.3) is 0 Å². The van der Waals surface area contributed by atoms with Crippen molar-refractivity contribution in [3.05, 3.63) is 35.9 Å². The maximum Gasteiger partial charge on any atom is 0.310 e. The summed E-state index contributed by atoms with van der Waals surface area (Å²) in [6, 6.07) is 11.2. The van der Waals surface area contributed by atoms with E-state index in [0.717, 1.165) is 25.8 Å². The molecule has 0 amide bonds. The Morgan fingerprint density at radius 2 is 2.05 bits per heavy atom. The number of likely N-dealkylation sites (tertiary alicyclic amines) is 1. The van der Waals surface area contributed by atoms with Crippen LogP contribution in [0.15, 0.2) is 30.3 Å². The highest BCUT2D eigenvalue weighted by Gasteiger charge is 2.37. The van der Waals surface area contributed by atoms with Crippen molar-refractivity contribution in [1.82, 2.24) is 4.90 Å². The predicted molar refractivity (Wildman–Crippen MR) is 85.0 cm³/mol. The maximum atomic E-state index is 12.2. The van der Waals surface area contributed by atoms with Crippen LogP contribution in [0.1, 0.15) is 51.6 Å². The minimum Gasteiger partial charge on any atom is -0.466 e. The molecule has 1 heterocycles. The highest BCUT2D eigenvalue weighted by molar-refractivity contribution is 5.73. The maximum absolute atomic E-state index is 12.2. The fraction of sp³-hybridized carbons (Fsp3) is 0.611. The molecule has 1 saturated heterocycles. The molecule has 0 spiro atoms. The standard InChI is InChI=1S/C18H27NO2/c1-4-16(18(20)21-5-2)17-12-9-13-19(17)14(3)15-10-7-6-8-11-15/h6-8,10-11,14,16-17H,4-5,9,12-13H2,1-3H3/t14-,16+,17-/m1/s1. The molecule has 1 aromatic carbocycles. The summed E-state index contributed by atoms with van der Waals surface area (Å²) < 4.78 is 5.28. The molecule has 0 N–H and O–H groups in total. The van der Waals surface area contributed by atoms with Crippen LogP contribution in [0, 0.1) is 5.92 Å². The minimum atomic E-state index is -0.0304. The summed E-state index contributed by atoms with van der Waals surface area (Å²) in [7, 11) is 0. The van der Waals surface area contributed by atoms with Gasteiger partial charge in [-0.25, -0.2) is 0 Å². The Kier molecular flexibility index (Phi) is 5.80. The SMILES string of the molecule is CCOC(=O)[C@@H](CC)[C@H]1CCCN1[C@H](C)c1ccccc1. The zero-order valence-corrected chi connectivity index (χ0v) is 13.4. The molecule has 2 rings (SSSR count). The largest absolute Gasteiger partial charge is 0.466 e. The van der Waals surface area contributed by atoms with Gasteiger partial charge in [-0.1, -0.05) is 37.3 Å². The lowest BCUT2D eigenvalue weighted by Crippen LogP contribution is -2.41. The van der Waals surface area contributed by atoms with Gasteiger partial charge in [0.05, 0.1) is 12.5 Å². The second-order valence-corrected chi connectivity index (χ2v) is 5.80. The molecule has 3 atom stereocenters. The van der Waals surface area contributed by atoms with Crippen molar-refractivity contribution in [2.45, 2.75) is 52.1 Å². The Balaban J connectivity index is 2.13. The van der Waals surface area contributed by atoms with E-state index in [2.05, 4.69) is 43.0 Å². The quantitative estimate of drug-likeness (QED) is 0.746. The molecule has 3 heteroatoms. The van der Waals surface area contributed by atoms with Crippen molar-refractivity contribution >= 4 is 5.97 Å². The first-order chi connectivity index (χ1) is 10.2. The number of carbonyl (C=O) groups is 1. The van der Waals surface area contributed by atoms with E-state index >= 15 is 0 Å². The number of hydrogen-bond donors (Lipinski definition) is 0. The molecular weight excluding hydrogens is 262 g/mol. The molecule has 0 aliphatic carbocycles. The Hall–Kier alpha value is -1.35. The Morgan fingerprint density at radius 1 is 1.33 bits per heavy atom. The first kappa shape index (κ1) is 16.0. The second-order valence-electron chi connectivity index (χ2n) is 5.80. The van der Waals surface area contributed by atoms with E-state index in [1.165, 1.54) is 5.56 Å². The Bertz CT molecular complexity index is 446. The lowest BCUT2D eigenvalue weighted by Gasteiger charge is -2.34. The fourth-order valence-corrected chi connectivity index (χ4v) is 3.50. The topological polar surface area (TPSA) is 29.5 Å². The fourth-order valence-electron chi connectivity index (χ4n) is 3.50. The lowest BCUT2D eigenvalue weighted by atomic mass is 9.93. The van der Waals surface area contributed by atoms with Crippen LogP contribution in [0.5, 0.6) is 0 Å². The monoisotopic (exact) mass is 289 g/mol. The van der Waals surface area contributed by atoms with Gasteiger partial charge in [0, 0.05) is 12.1 Å². The molecule has 0 aromatic heterocycles. The van der Waals surface area contributed by atoms with E-state index in [1.807, 2.05) is 13.0 Å². The number of carbonyl (C=O) groups excluding carboxylic acids is 1. The van der Waals surface area contributed by atoms with Crippen LogP contribution in [0.3, 0.4) is 0 Å². The third-order valence-corrected chi connectivity index (χ3v) is 4.62. The van der Waals surface area contributed by atoms with Gasteiger partial charge in [0.1, 0.15) is 0 Å². The molecule has 1 aromatic rings. The van der Waals surface area contributed by atoms with Crippen molar-refractivity contribution in [2.24, 2.45) is 5.92 Å². The van der Waals surface area contributed by atoms with Crippen molar-refractivity contribution in [3.8, 4) is 0 Å². The molecule has 0 unspecified atom stereocenters. The lowest BCUT2D eigenvalue weighted by molar-refractivity contribution is -0.150. The summed E-state index contributed by atoms with van der Waals surface area (Å²) in [4.78, 5) is 14.7. The van der Waals surface area contributed by atoms with Gasteiger partial charge < -0.3 is 4.74 Å². The molecular formula is C18H27NO2. The van der Waals surface area contributed by atoms with Gasteiger partial charge in [-0.05, 0) is 45.2 Å². The van der Waals surface area contributed by atoms with Gasteiger partial charge in [-0.3, -0.25) is 9.69 Å². The molecule has 0 radical (unpaired) electrons. The van der Waals surface area contributed by atoms with Gasteiger partial charge in [-0.2, -0.15) is 0 Å². The van der Waals surface area contributed by atoms with Gasteiger partial charge >= 0.3 is 5.97 Å². The van der Waals surface area contributed by atoms with E-state index in [1.54, 1.807) is 0 Å². The molecule has 0 bridgehead atoms. The van der Waals surface area contributed by atoms with Crippen LogP contribution in [-0.2, 0) is 9.53 Å². The van der Waals surface area contributed by atoms with Crippen molar-refractivity contribution in [2.75, 3.05) is 13.2 Å². The zero-order valence-electron chi connectivity index (χ0n) is 13.4. The van der Waals surface area contributed by atoms with Crippen molar-refractivity contribution < 1.29 is 9.53 Å². The Morgan fingerprint density at radius 3 is 2.67 bits per heavy atom. The van der Waals surface area contributed by atoms with Crippen molar-refractivity contribution in [3.63, 3.8) is 0 Å². The van der Waals surface area contributed by atoms with E-state index in [4.69, 9.17) is 4.74 Å². The molecule has 21 heavy (non-hydrogen) atoms. The number of esters is 1. The number of rotatable bonds is 6. The minimum absolute atomic E-state index is 0.00128. The van der Waals surface area contributed by atoms with E-state index in [0.29, 0.717) is 18.7 Å². The highest BCUT2D eigenvalue weighted by atomic mass is 16.5. The van der Waals surface area contributed by atoms with Crippen LogP contribution in [0.25, 0.3) is 0 Å². The van der Waals surface area contributed by atoms with E-state index in [9.17, 15) is 4.79 Å². The van der Waals surface area contributed by atoms with Gasteiger partial charge in [0.15, 0.2) is 0 Å².